The third-order valence-corrected chi connectivity index (χ3v) is 5.30. The van der Waals surface area contributed by atoms with Gasteiger partial charge in [0.2, 0.25) is 5.95 Å². The fourth-order valence-corrected chi connectivity index (χ4v) is 3.66. The topological polar surface area (TPSA) is 39.9 Å². The molecule has 2 aliphatic rings. The number of pyridine rings is 1. The lowest BCUT2D eigenvalue weighted by Gasteiger charge is -2.26. The number of nitrogens with zero attached hydrogens (tertiary/aromatic N) is 3. The van der Waals surface area contributed by atoms with Gasteiger partial charge in [0.25, 0.3) is 0 Å². The Morgan fingerprint density at radius 1 is 1.12 bits per heavy atom. The lowest BCUT2D eigenvalue weighted by atomic mass is 9.85. The quantitative estimate of drug-likeness (QED) is 0.764. The zero-order valence-electron chi connectivity index (χ0n) is 15.3. The minimum Gasteiger partial charge on any atom is -0.381 e. The average Bonchev–Trinajstić information content (AvgIpc) is 3.33. The van der Waals surface area contributed by atoms with Crippen LogP contribution in [0.4, 0.5) is 4.39 Å². The van der Waals surface area contributed by atoms with Crippen molar-refractivity contribution in [1.29, 1.82) is 0 Å². The zero-order valence-corrected chi connectivity index (χ0v) is 15.3. The van der Waals surface area contributed by atoms with E-state index >= 15 is 0 Å². The maximum atomic E-state index is 14.8. The third-order valence-electron chi connectivity index (χ3n) is 5.30. The van der Waals surface area contributed by atoms with Crippen molar-refractivity contribution >= 4 is 0 Å². The van der Waals surface area contributed by atoms with E-state index in [-0.39, 0.29) is 11.5 Å². The Hall–Kier alpha value is -1.75. The van der Waals surface area contributed by atoms with Crippen LogP contribution in [0.2, 0.25) is 0 Å². The summed E-state index contributed by atoms with van der Waals surface area (Å²) < 4.78 is 22.3. The Bertz CT molecular complexity index is 768. The second-order valence-electron chi connectivity index (χ2n) is 8.33. The van der Waals surface area contributed by atoms with Crippen LogP contribution < -0.4 is 0 Å². The summed E-state index contributed by atoms with van der Waals surface area (Å²) >= 11 is 0. The van der Waals surface area contributed by atoms with Gasteiger partial charge in [-0.05, 0) is 48.6 Å². The molecule has 0 amide bonds. The van der Waals surface area contributed by atoms with Crippen molar-refractivity contribution in [3.8, 4) is 11.3 Å². The molecule has 134 valence electrons. The summed E-state index contributed by atoms with van der Waals surface area (Å²) in [6, 6.07) is 2.26. The van der Waals surface area contributed by atoms with Crippen LogP contribution in [-0.4, -0.2) is 28.0 Å². The standard InChI is InChI=1S/C20H26FN3O/c1-20(2,3)17-12-23-24(15-6-8-25-9-7-15)18(17)16-10-14(13-4-5-13)11-22-19(16)21/h10-13,15H,4-9H2,1-3H3. The Labute approximate surface area is 148 Å². The van der Waals surface area contributed by atoms with E-state index in [4.69, 9.17) is 4.74 Å². The monoisotopic (exact) mass is 343 g/mol. The van der Waals surface area contributed by atoms with Gasteiger partial charge in [-0.25, -0.2) is 4.98 Å². The molecule has 25 heavy (non-hydrogen) atoms. The number of hydrogen-bond acceptors (Lipinski definition) is 3. The van der Waals surface area contributed by atoms with E-state index in [2.05, 4.69) is 30.9 Å². The van der Waals surface area contributed by atoms with E-state index in [1.54, 1.807) is 6.20 Å². The van der Waals surface area contributed by atoms with Gasteiger partial charge in [0.05, 0.1) is 23.5 Å². The predicted octanol–water partition coefficient (Wildman–Crippen LogP) is 4.61. The van der Waals surface area contributed by atoms with Crippen molar-refractivity contribution < 1.29 is 9.13 Å². The van der Waals surface area contributed by atoms with Gasteiger partial charge in [-0.2, -0.15) is 9.49 Å². The first-order valence-corrected chi connectivity index (χ1v) is 9.26. The molecule has 0 N–H and O–H groups in total. The number of aromatic nitrogens is 3. The van der Waals surface area contributed by atoms with Crippen LogP contribution in [0, 0.1) is 5.95 Å². The molecular formula is C20H26FN3O. The molecule has 0 bridgehead atoms. The Morgan fingerprint density at radius 3 is 2.48 bits per heavy atom. The predicted molar refractivity (Wildman–Crippen MR) is 95.2 cm³/mol. The van der Waals surface area contributed by atoms with E-state index in [1.807, 2.05) is 16.9 Å². The van der Waals surface area contributed by atoms with E-state index in [1.165, 1.54) is 12.8 Å². The number of rotatable bonds is 3. The van der Waals surface area contributed by atoms with Crippen LogP contribution in [0.15, 0.2) is 18.5 Å². The molecule has 2 aromatic rings. The van der Waals surface area contributed by atoms with Gasteiger partial charge in [0.1, 0.15) is 0 Å². The van der Waals surface area contributed by atoms with Crippen LogP contribution in [0.5, 0.6) is 0 Å². The van der Waals surface area contributed by atoms with Gasteiger partial charge in [-0.15, -0.1) is 0 Å². The highest BCUT2D eigenvalue weighted by Crippen LogP contribution is 2.43. The lowest BCUT2D eigenvalue weighted by Crippen LogP contribution is -2.22. The molecule has 0 atom stereocenters. The summed E-state index contributed by atoms with van der Waals surface area (Å²) in [6.45, 7) is 7.92. The third kappa shape index (κ3) is 3.22. The van der Waals surface area contributed by atoms with Crippen molar-refractivity contribution in [2.24, 2.45) is 0 Å². The summed E-state index contributed by atoms with van der Waals surface area (Å²) in [5.41, 5.74) is 3.61. The van der Waals surface area contributed by atoms with Crippen molar-refractivity contribution in [2.75, 3.05) is 13.2 Å². The molecule has 0 aromatic carbocycles. The van der Waals surface area contributed by atoms with Crippen molar-refractivity contribution in [3.63, 3.8) is 0 Å². The summed E-state index contributed by atoms with van der Waals surface area (Å²) in [5, 5.41) is 4.68. The van der Waals surface area contributed by atoms with Crippen LogP contribution >= 0.6 is 0 Å². The fourth-order valence-electron chi connectivity index (χ4n) is 3.66. The first-order chi connectivity index (χ1) is 11.9. The smallest absolute Gasteiger partial charge is 0.222 e. The summed E-state index contributed by atoms with van der Waals surface area (Å²) in [4.78, 5) is 4.07. The highest BCUT2D eigenvalue weighted by Gasteiger charge is 2.31. The largest absolute Gasteiger partial charge is 0.381 e. The number of halogens is 1. The average molecular weight is 343 g/mol. The number of ether oxygens (including phenoxy) is 1. The molecule has 4 nitrogen and oxygen atoms in total. The second-order valence-corrected chi connectivity index (χ2v) is 8.33. The molecule has 4 rings (SSSR count). The molecule has 0 radical (unpaired) electrons. The number of hydrogen-bond donors (Lipinski definition) is 0. The molecule has 3 heterocycles. The molecule has 5 heteroatoms. The van der Waals surface area contributed by atoms with E-state index in [0.717, 1.165) is 42.9 Å². The Balaban J connectivity index is 1.86. The van der Waals surface area contributed by atoms with Gasteiger partial charge in [0.15, 0.2) is 0 Å². The molecule has 1 aliphatic carbocycles. The first-order valence-electron chi connectivity index (χ1n) is 9.26. The molecule has 1 saturated heterocycles. The summed E-state index contributed by atoms with van der Waals surface area (Å²) in [7, 11) is 0. The summed E-state index contributed by atoms with van der Waals surface area (Å²) in [6.07, 6.45) is 7.79. The van der Waals surface area contributed by atoms with Gasteiger partial charge in [-0.3, -0.25) is 4.68 Å². The van der Waals surface area contributed by atoms with Crippen LogP contribution in [0.25, 0.3) is 11.3 Å². The van der Waals surface area contributed by atoms with Crippen LogP contribution in [0.3, 0.4) is 0 Å². The Morgan fingerprint density at radius 2 is 1.84 bits per heavy atom. The summed E-state index contributed by atoms with van der Waals surface area (Å²) in [5.74, 6) is 0.146. The molecule has 2 fully saturated rings. The first kappa shape index (κ1) is 16.7. The van der Waals surface area contributed by atoms with Gasteiger partial charge in [-0.1, -0.05) is 20.8 Å². The molecule has 1 aliphatic heterocycles. The van der Waals surface area contributed by atoms with Crippen molar-refractivity contribution in [3.05, 3.63) is 35.5 Å². The molecule has 0 unspecified atom stereocenters. The molecule has 2 aromatic heterocycles. The minimum absolute atomic E-state index is 0.110. The zero-order chi connectivity index (χ0) is 17.6. The maximum absolute atomic E-state index is 14.8. The highest BCUT2D eigenvalue weighted by atomic mass is 19.1. The van der Waals surface area contributed by atoms with E-state index < -0.39 is 5.95 Å². The highest BCUT2D eigenvalue weighted by molar-refractivity contribution is 5.66. The minimum atomic E-state index is -0.399. The Kier molecular flexibility index (Phi) is 4.14. The fraction of sp³-hybridized carbons (Fsp3) is 0.600. The lowest BCUT2D eigenvalue weighted by molar-refractivity contribution is 0.0667. The van der Waals surface area contributed by atoms with Crippen molar-refractivity contribution in [2.45, 2.75) is 63.8 Å². The molecular weight excluding hydrogens is 317 g/mol. The maximum Gasteiger partial charge on any atom is 0.222 e. The SMILES string of the molecule is CC(C)(C)c1cnn(C2CCOCC2)c1-c1cc(C2CC2)cnc1F. The van der Waals surface area contributed by atoms with Crippen molar-refractivity contribution in [1.82, 2.24) is 14.8 Å². The van der Waals surface area contributed by atoms with Crippen LogP contribution in [-0.2, 0) is 10.2 Å². The van der Waals surface area contributed by atoms with Gasteiger partial charge < -0.3 is 4.74 Å². The van der Waals surface area contributed by atoms with Crippen LogP contribution in [0.1, 0.15) is 69.5 Å². The van der Waals surface area contributed by atoms with E-state index in [9.17, 15) is 4.39 Å². The van der Waals surface area contributed by atoms with Gasteiger partial charge >= 0.3 is 0 Å². The normalized spacial score (nSPS) is 19.4. The van der Waals surface area contributed by atoms with Gasteiger partial charge in [0, 0.05) is 25.0 Å². The molecule has 0 spiro atoms. The molecule has 1 saturated carbocycles. The second kappa shape index (κ2) is 6.20. The van der Waals surface area contributed by atoms with E-state index in [0.29, 0.717) is 11.5 Å².